The Morgan fingerprint density at radius 1 is 1.24 bits per heavy atom. The molecule has 0 radical (unpaired) electrons. The zero-order valence-electron chi connectivity index (χ0n) is 13.6. The number of carbonyl (C=O) groups is 3. The molecule has 1 fully saturated rings. The van der Waals surface area contributed by atoms with Crippen LogP contribution in [-0.4, -0.2) is 28.4 Å². The number of rotatable bonds is 4. The molecule has 1 aromatic heterocycles. The third-order valence-electron chi connectivity index (χ3n) is 4.14. The van der Waals surface area contributed by atoms with Crippen molar-refractivity contribution in [3.05, 3.63) is 46.3 Å². The SMILES string of the molecule is CC[C@]1(C)NC(=O)N(NC(=O)c2ccc(-c3ccc(Cl)cc3)s2)C1=O. The molecular formula is C17H16ClN3O3S. The van der Waals surface area contributed by atoms with Gasteiger partial charge in [0, 0.05) is 9.90 Å². The molecule has 1 aliphatic rings. The first-order valence-electron chi connectivity index (χ1n) is 7.67. The maximum absolute atomic E-state index is 12.4. The number of benzene rings is 1. The monoisotopic (exact) mass is 377 g/mol. The minimum atomic E-state index is -0.992. The highest BCUT2D eigenvalue weighted by molar-refractivity contribution is 7.17. The molecule has 2 N–H and O–H groups in total. The third-order valence-corrected chi connectivity index (χ3v) is 5.53. The topological polar surface area (TPSA) is 78.5 Å². The molecule has 3 rings (SSSR count). The number of hydrogen-bond donors (Lipinski definition) is 2. The van der Waals surface area contributed by atoms with E-state index >= 15 is 0 Å². The molecule has 4 amide bonds. The van der Waals surface area contributed by atoms with Crippen molar-refractivity contribution in [1.29, 1.82) is 0 Å². The Hall–Kier alpha value is -2.38. The number of carbonyl (C=O) groups excluding carboxylic acids is 3. The number of nitrogens with one attached hydrogen (secondary N) is 2. The van der Waals surface area contributed by atoms with Crippen LogP contribution in [0.15, 0.2) is 36.4 Å². The first-order valence-corrected chi connectivity index (χ1v) is 8.87. The molecule has 25 heavy (non-hydrogen) atoms. The minimum absolute atomic E-state index is 0.399. The summed E-state index contributed by atoms with van der Waals surface area (Å²) in [5.41, 5.74) is 2.32. The van der Waals surface area contributed by atoms with E-state index < -0.39 is 23.4 Å². The van der Waals surface area contributed by atoms with Gasteiger partial charge in [-0.1, -0.05) is 30.7 Å². The largest absolute Gasteiger partial charge is 0.344 e. The molecule has 8 heteroatoms. The van der Waals surface area contributed by atoms with Gasteiger partial charge in [0.2, 0.25) is 0 Å². The van der Waals surface area contributed by atoms with E-state index in [1.807, 2.05) is 18.2 Å². The van der Waals surface area contributed by atoms with E-state index in [-0.39, 0.29) is 0 Å². The molecule has 0 spiro atoms. The minimum Gasteiger partial charge on any atom is -0.322 e. The molecule has 1 aromatic carbocycles. The molecule has 2 heterocycles. The number of halogens is 1. The second kappa shape index (κ2) is 6.50. The van der Waals surface area contributed by atoms with Gasteiger partial charge in [-0.05, 0) is 43.2 Å². The zero-order valence-corrected chi connectivity index (χ0v) is 15.2. The first kappa shape index (κ1) is 17.4. The second-order valence-corrected chi connectivity index (χ2v) is 7.39. The van der Waals surface area contributed by atoms with Crippen molar-refractivity contribution in [2.24, 2.45) is 0 Å². The molecule has 0 unspecified atom stereocenters. The van der Waals surface area contributed by atoms with E-state index in [2.05, 4.69) is 10.7 Å². The summed E-state index contributed by atoms with van der Waals surface area (Å²) in [7, 11) is 0. The average Bonchev–Trinajstić information content (AvgIpc) is 3.16. The number of nitrogens with zero attached hydrogens (tertiary/aromatic N) is 1. The van der Waals surface area contributed by atoms with Crippen LogP contribution in [0, 0.1) is 0 Å². The lowest BCUT2D eigenvalue weighted by Crippen LogP contribution is -2.48. The van der Waals surface area contributed by atoms with Crippen LogP contribution in [0.5, 0.6) is 0 Å². The summed E-state index contributed by atoms with van der Waals surface area (Å²) in [6.45, 7) is 3.42. The highest BCUT2D eigenvalue weighted by Gasteiger charge is 2.47. The maximum atomic E-state index is 12.4. The smallest absolute Gasteiger partial charge is 0.322 e. The number of urea groups is 1. The number of thiophene rings is 1. The van der Waals surface area contributed by atoms with Crippen LogP contribution >= 0.6 is 22.9 Å². The zero-order chi connectivity index (χ0) is 18.2. The maximum Gasteiger partial charge on any atom is 0.344 e. The molecule has 1 saturated heterocycles. The Labute approximate surface area is 153 Å². The Morgan fingerprint density at radius 2 is 1.92 bits per heavy atom. The Morgan fingerprint density at radius 3 is 2.52 bits per heavy atom. The highest BCUT2D eigenvalue weighted by Crippen LogP contribution is 2.29. The van der Waals surface area contributed by atoms with Crippen LogP contribution in [-0.2, 0) is 4.79 Å². The van der Waals surface area contributed by atoms with Crippen molar-refractivity contribution < 1.29 is 14.4 Å². The predicted molar refractivity (Wildman–Crippen MR) is 96.3 cm³/mol. The molecule has 2 aromatic rings. The lowest BCUT2D eigenvalue weighted by Gasteiger charge is -2.19. The van der Waals surface area contributed by atoms with Crippen molar-refractivity contribution in [2.45, 2.75) is 25.8 Å². The number of hydrogen-bond acceptors (Lipinski definition) is 4. The van der Waals surface area contributed by atoms with E-state index in [0.717, 1.165) is 15.4 Å². The Kier molecular flexibility index (Phi) is 4.53. The summed E-state index contributed by atoms with van der Waals surface area (Å²) >= 11 is 7.14. The van der Waals surface area contributed by atoms with Gasteiger partial charge in [-0.3, -0.25) is 15.0 Å². The van der Waals surface area contributed by atoms with Gasteiger partial charge in [0.25, 0.3) is 11.8 Å². The fourth-order valence-corrected chi connectivity index (χ4v) is 3.44. The lowest BCUT2D eigenvalue weighted by atomic mass is 10.00. The molecule has 0 aliphatic carbocycles. The normalized spacial score (nSPS) is 19.9. The summed E-state index contributed by atoms with van der Waals surface area (Å²) in [4.78, 5) is 37.9. The molecule has 0 saturated carbocycles. The standard InChI is InChI=1S/C17H16ClN3O3S/c1-3-17(2)15(23)21(16(24)19-17)20-14(22)13-9-8-12(25-13)10-4-6-11(18)7-5-10/h4-9H,3H2,1-2H3,(H,19,24)(H,20,22)/t17-/m0/s1. The van der Waals surface area contributed by atoms with E-state index in [0.29, 0.717) is 16.3 Å². The van der Waals surface area contributed by atoms with Gasteiger partial charge in [0.05, 0.1) is 4.88 Å². The van der Waals surface area contributed by atoms with Crippen molar-refractivity contribution in [3.8, 4) is 10.4 Å². The second-order valence-electron chi connectivity index (χ2n) is 5.87. The third kappa shape index (κ3) is 3.25. The van der Waals surface area contributed by atoms with Gasteiger partial charge in [-0.15, -0.1) is 11.3 Å². The van der Waals surface area contributed by atoms with Gasteiger partial charge < -0.3 is 5.32 Å². The van der Waals surface area contributed by atoms with Gasteiger partial charge in [-0.25, -0.2) is 4.79 Å². The predicted octanol–water partition coefficient (Wildman–Crippen LogP) is 3.43. The van der Waals surface area contributed by atoms with Gasteiger partial charge in [-0.2, -0.15) is 5.01 Å². The number of hydrazine groups is 1. The van der Waals surface area contributed by atoms with Gasteiger partial charge >= 0.3 is 6.03 Å². The summed E-state index contributed by atoms with van der Waals surface area (Å²) in [6.07, 6.45) is 0.434. The van der Waals surface area contributed by atoms with Gasteiger partial charge in [0.1, 0.15) is 5.54 Å². The first-order chi connectivity index (χ1) is 11.8. The van der Waals surface area contributed by atoms with Crippen LogP contribution in [0.2, 0.25) is 5.02 Å². The van der Waals surface area contributed by atoms with Crippen LogP contribution < -0.4 is 10.7 Å². The summed E-state index contributed by atoms with van der Waals surface area (Å²) in [5.74, 6) is -0.975. The average molecular weight is 378 g/mol. The van der Waals surface area contributed by atoms with E-state index in [1.165, 1.54) is 11.3 Å². The quantitative estimate of drug-likeness (QED) is 0.801. The fraction of sp³-hybridized carbons (Fsp3) is 0.235. The van der Waals surface area contributed by atoms with Crippen molar-refractivity contribution in [2.75, 3.05) is 0 Å². The number of imide groups is 1. The van der Waals surface area contributed by atoms with E-state index in [9.17, 15) is 14.4 Å². The Balaban J connectivity index is 1.75. The molecule has 1 atom stereocenters. The Bertz CT molecular complexity index is 849. The molecule has 1 aliphatic heterocycles. The summed E-state index contributed by atoms with van der Waals surface area (Å²) in [5, 5.41) is 3.97. The van der Waals surface area contributed by atoms with Gasteiger partial charge in [0.15, 0.2) is 0 Å². The summed E-state index contributed by atoms with van der Waals surface area (Å²) < 4.78 is 0. The molecule has 130 valence electrons. The molecule has 0 bridgehead atoms. The highest BCUT2D eigenvalue weighted by atomic mass is 35.5. The lowest BCUT2D eigenvalue weighted by molar-refractivity contribution is -0.132. The number of amides is 4. The van der Waals surface area contributed by atoms with Crippen LogP contribution in [0.4, 0.5) is 4.79 Å². The molecule has 6 nitrogen and oxygen atoms in total. The fourth-order valence-electron chi connectivity index (χ4n) is 2.41. The van der Waals surface area contributed by atoms with Crippen LogP contribution in [0.3, 0.4) is 0 Å². The van der Waals surface area contributed by atoms with Crippen molar-refractivity contribution in [1.82, 2.24) is 15.8 Å². The summed E-state index contributed by atoms with van der Waals surface area (Å²) in [6, 6.07) is 10.1. The van der Waals surface area contributed by atoms with Crippen molar-refractivity contribution >= 4 is 40.8 Å². The van der Waals surface area contributed by atoms with Crippen molar-refractivity contribution in [3.63, 3.8) is 0 Å². The molecular weight excluding hydrogens is 362 g/mol. The van der Waals surface area contributed by atoms with Crippen LogP contribution in [0.1, 0.15) is 29.9 Å². The van der Waals surface area contributed by atoms with E-state index in [1.54, 1.807) is 32.0 Å². The van der Waals surface area contributed by atoms with Crippen LogP contribution in [0.25, 0.3) is 10.4 Å². The van der Waals surface area contributed by atoms with E-state index in [4.69, 9.17) is 11.6 Å².